The average Bonchev–Trinajstić information content (AvgIpc) is 3.21. The van der Waals surface area contributed by atoms with Gasteiger partial charge >= 0.3 is 5.97 Å². The number of rotatable bonds is 8. The zero-order valence-corrected chi connectivity index (χ0v) is 22.2. The van der Waals surface area contributed by atoms with Gasteiger partial charge < -0.3 is 24.4 Å². The topological polar surface area (TPSA) is 123 Å². The molecular weight excluding hydrogens is 526 g/mol. The van der Waals surface area contributed by atoms with Gasteiger partial charge in [0.1, 0.15) is 23.0 Å². The summed E-state index contributed by atoms with van der Waals surface area (Å²) >= 11 is 6.30. The Balaban J connectivity index is 1.93. The number of aliphatic hydroxyl groups excluding tert-OH is 1. The fourth-order valence-corrected chi connectivity index (χ4v) is 4.56. The molecule has 1 aliphatic rings. The van der Waals surface area contributed by atoms with Gasteiger partial charge in [-0.1, -0.05) is 36.7 Å². The molecule has 0 aliphatic carbocycles. The number of ketones is 1. The summed E-state index contributed by atoms with van der Waals surface area (Å²) in [6.07, 6.45) is 0.639. The molecule has 202 valence electrons. The van der Waals surface area contributed by atoms with Crippen molar-refractivity contribution >= 4 is 40.7 Å². The largest absolute Gasteiger partial charge is 0.508 e. The number of halogens is 1. The minimum absolute atomic E-state index is 0.0278. The number of carbonyl (C=O) groups is 3. The molecule has 0 radical (unpaired) electrons. The van der Waals surface area contributed by atoms with Crippen LogP contribution in [0.3, 0.4) is 0 Å². The highest BCUT2D eigenvalue weighted by molar-refractivity contribution is 6.51. The third-order valence-electron chi connectivity index (χ3n) is 6.18. The Kier molecular flexibility index (Phi) is 8.11. The smallest absolute Gasteiger partial charge is 0.338 e. The summed E-state index contributed by atoms with van der Waals surface area (Å²) in [6.45, 7) is 2.10. The lowest BCUT2D eigenvalue weighted by Gasteiger charge is -2.26. The van der Waals surface area contributed by atoms with Crippen molar-refractivity contribution in [1.29, 1.82) is 0 Å². The Morgan fingerprint density at radius 3 is 2.33 bits per heavy atom. The van der Waals surface area contributed by atoms with Crippen LogP contribution in [0.4, 0.5) is 5.69 Å². The molecule has 1 aliphatic heterocycles. The van der Waals surface area contributed by atoms with E-state index in [1.807, 2.05) is 6.92 Å². The monoisotopic (exact) mass is 551 g/mol. The summed E-state index contributed by atoms with van der Waals surface area (Å²) in [4.78, 5) is 40.6. The molecule has 2 N–H and O–H groups in total. The van der Waals surface area contributed by atoms with Crippen LogP contribution in [-0.2, 0) is 14.3 Å². The standard InChI is InChI=1S/C29H26ClNO8/c1-4-12-39-29(36)17-6-5-7-18(13-17)31-25(16-8-10-19(32)11-9-16)24(27(34)28(31)35)26(33)20-14-21(30)23(38-3)15-22(20)37-2/h5-11,13-15,25,32-33H,4,12H2,1-3H3/b26-24+. The van der Waals surface area contributed by atoms with E-state index in [2.05, 4.69) is 0 Å². The molecule has 1 atom stereocenters. The Morgan fingerprint density at radius 2 is 1.69 bits per heavy atom. The molecule has 1 unspecified atom stereocenters. The second-order valence-electron chi connectivity index (χ2n) is 8.63. The molecule has 10 heteroatoms. The Morgan fingerprint density at radius 1 is 1.00 bits per heavy atom. The second kappa shape index (κ2) is 11.5. The van der Waals surface area contributed by atoms with Crippen molar-refractivity contribution < 1.29 is 38.8 Å². The summed E-state index contributed by atoms with van der Waals surface area (Å²) in [5.41, 5.74) is 0.688. The van der Waals surface area contributed by atoms with Crippen LogP contribution in [0, 0.1) is 0 Å². The first-order chi connectivity index (χ1) is 18.7. The van der Waals surface area contributed by atoms with E-state index in [0.29, 0.717) is 12.0 Å². The van der Waals surface area contributed by atoms with Gasteiger partial charge in [0.15, 0.2) is 0 Å². The predicted molar refractivity (Wildman–Crippen MR) is 144 cm³/mol. The number of phenolic OH excluding ortho intramolecular Hbond substituents is 1. The van der Waals surface area contributed by atoms with E-state index in [1.54, 1.807) is 12.1 Å². The quantitative estimate of drug-likeness (QED) is 0.168. The maximum atomic E-state index is 13.5. The summed E-state index contributed by atoms with van der Waals surface area (Å²) in [7, 11) is 2.79. The normalized spacial score (nSPS) is 16.3. The molecule has 9 nitrogen and oxygen atoms in total. The molecule has 1 saturated heterocycles. The molecule has 0 spiro atoms. The number of amides is 1. The summed E-state index contributed by atoms with van der Waals surface area (Å²) in [5, 5.41) is 21.5. The number of aromatic hydroxyl groups is 1. The van der Waals surface area contributed by atoms with Crippen molar-refractivity contribution in [3.8, 4) is 17.2 Å². The molecule has 3 aromatic carbocycles. The number of esters is 1. The lowest BCUT2D eigenvalue weighted by molar-refractivity contribution is -0.132. The maximum absolute atomic E-state index is 13.5. The number of hydrogen-bond donors (Lipinski definition) is 2. The highest BCUT2D eigenvalue weighted by Gasteiger charge is 2.47. The van der Waals surface area contributed by atoms with Gasteiger partial charge in [0.25, 0.3) is 11.7 Å². The Bertz CT molecular complexity index is 1460. The van der Waals surface area contributed by atoms with E-state index in [-0.39, 0.29) is 51.3 Å². The molecule has 0 saturated carbocycles. The third kappa shape index (κ3) is 5.26. The number of ether oxygens (including phenoxy) is 3. The number of hydrogen-bond acceptors (Lipinski definition) is 8. The van der Waals surface area contributed by atoms with Gasteiger partial charge in [-0.05, 0) is 48.4 Å². The van der Waals surface area contributed by atoms with Crippen molar-refractivity contribution in [1.82, 2.24) is 0 Å². The SMILES string of the molecule is CCCOC(=O)c1cccc(N2C(=O)C(=O)/C(=C(/O)c3cc(Cl)c(OC)cc3OC)C2c2ccc(O)cc2)c1. The highest BCUT2D eigenvalue weighted by Crippen LogP contribution is 2.45. The molecule has 4 rings (SSSR count). The first-order valence-corrected chi connectivity index (χ1v) is 12.4. The van der Waals surface area contributed by atoms with Crippen LogP contribution in [0.1, 0.15) is 40.9 Å². The van der Waals surface area contributed by atoms with E-state index in [9.17, 15) is 24.6 Å². The van der Waals surface area contributed by atoms with Crippen LogP contribution in [-0.4, -0.2) is 48.7 Å². The summed E-state index contributed by atoms with van der Waals surface area (Å²) < 4.78 is 15.8. The van der Waals surface area contributed by atoms with E-state index >= 15 is 0 Å². The first kappa shape index (κ1) is 27.5. The molecule has 39 heavy (non-hydrogen) atoms. The lowest BCUT2D eigenvalue weighted by atomic mass is 9.94. The van der Waals surface area contributed by atoms with Crippen LogP contribution in [0.5, 0.6) is 17.2 Å². The zero-order chi connectivity index (χ0) is 28.3. The van der Waals surface area contributed by atoms with Gasteiger partial charge in [-0.25, -0.2) is 4.79 Å². The van der Waals surface area contributed by atoms with Crippen molar-refractivity contribution in [3.63, 3.8) is 0 Å². The van der Waals surface area contributed by atoms with Gasteiger partial charge in [0, 0.05) is 11.8 Å². The fraction of sp³-hybridized carbons (Fsp3) is 0.207. The van der Waals surface area contributed by atoms with Gasteiger partial charge in [-0.15, -0.1) is 0 Å². The van der Waals surface area contributed by atoms with Gasteiger partial charge in [0.05, 0.1) is 48.6 Å². The van der Waals surface area contributed by atoms with Crippen LogP contribution >= 0.6 is 11.6 Å². The average molecular weight is 552 g/mol. The van der Waals surface area contributed by atoms with Crippen molar-refractivity contribution in [2.45, 2.75) is 19.4 Å². The number of aliphatic hydroxyl groups is 1. The van der Waals surface area contributed by atoms with Crippen LogP contribution in [0.2, 0.25) is 5.02 Å². The number of methoxy groups -OCH3 is 2. The van der Waals surface area contributed by atoms with Crippen LogP contribution in [0.25, 0.3) is 5.76 Å². The fourth-order valence-electron chi connectivity index (χ4n) is 4.32. The van der Waals surface area contributed by atoms with E-state index in [4.69, 9.17) is 25.8 Å². The second-order valence-corrected chi connectivity index (χ2v) is 9.04. The molecule has 1 amide bonds. The molecule has 0 aromatic heterocycles. The van der Waals surface area contributed by atoms with Gasteiger partial charge in [-0.2, -0.15) is 0 Å². The molecule has 1 heterocycles. The number of carbonyl (C=O) groups excluding carboxylic acids is 3. The minimum atomic E-state index is -1.11. The summed E-state index contributed by atoms with van der Waals surface area (Å²) in [6, 6.07) is 13.7. The van der Waals surface area contributed by atoms with E-state index in [1.165, 1.54) is 67.7 Å². The van der Waals surface area contributed by atoms with Gasteiger partial charge in [0.2, 0.25) is 0 Å². The van der Waals surface area contributed by atoms with Crippen LogP contribution in [0.15, 0.2) is 66.2 Å². The van der Waals surface area contributed by atoms with Crippen LogP contribution < -0.4 is 14.4 Å². The number of anilines is 1. The van der Waals surface area contributed by atoms with Gasteiger partial charge in [-0.3, -0.25) is 14.5 Å². The molecule has 3 aromatic rings. The Hall–Kier alpha value is -4.50. The van der Waals surface area contributed by atoms with Crippen molar-refractivity contribution in [2.24, 2.45) is 0 Å². The molecule has 0 bridgehead atoms. The number of phenols is 1. The Labute approximate surface area is 229 Å². The van der Waals surface area contributed by atoms with E-state index in [0.717, 1.165) is 0 Å². The third-order valence-corrected chi connectivity index (χ3v) is 6.47. The number of benzene rings is 3. The lowest BCUT2D eigenvalue weighted by Crippen LogP contribution is -2.29. The predicted octanol–water partition coefficient (Wildman–Crippen LogP) is 5.26. The number of Topliss-reactive ketones (excluding diaryl/α,β-unsaturated/α-hetero) is 1. The minimum Gasteiger partial charge on any atom is -0.508 e. The highest BCUT2D eigenvalue weighted by atomic mass is 35.5. The first-order valence-electron chi connectivity index (χ1n) is 12.0. The maximum Gasteiger partial charge on any atom is 0.338 e. The van der Waals surface area contributed by atoms with Crippen molar-refractivity contribution in [3.05, 3.63) is 87.9 Å². The summed E-state index contributed by atoms with van der Waals surface area (Å²) in [5.74, 6) is -2.56. The zero-order valence-electron chi connectivity index (χ0n) is 21.4. The number of nitrogens with zero attached hydrogens (tertiary/aromatic N) is 1. The van der Waals surface area contributed by atoms with Crippen molar-refractivity contribution in [2.75, 3.05) is 25.7 Å². The molecule has 1 fully saturated rings. The molecular formula is C29H26ClNO8. The van der Waals surface area contributed by atoms with E-state index < -0.39 is 29.5 Å².